The van der Waals surface area contributed by atoms with Gasteiger partial charge in [-0.05, 0) is 32.3 Å². The lowest BCUT2D eigenvalue weighted by Gasteiger charge is -2.26. The average molecular weight is 338 g/mol. The Morgan fingerprint density at radius 2 is 1.67 bits per heavy atom. The number of Topliss-reactive ketones (excluding diaryl/α,β-unsaturated/α-hetero) is 1. The summed E-state index contributed by atoms with van der Waals surface area (Å²) in [5.41, 5.74) is 0.647. The Kier molecular flexibility index (Phi) is 12.9. The van der Waals surface area contributed by atoms with E-state index in [1.165, 1.54) is 43.2 Å². The molecule has 4 nitrogen and oxygen atoms in total. The molecule has 1 unspecified atom stereocenters. The average Bonchev–Trinajstić information content (AvgIpc) is 2.60. The summed E-state index contributed by atoms with van der Waals surface area (Å²) in [7, 11) is 0. The first kappa shape index (κ1) is 22.4. The third kappa shape index (κ3) is 8.32. The number of hydrogen-bond acceptors (Lipinski definition) is 3. The van der Waals surface area contributed by atoms with Crippen molar-refractivity contribution in [3.05, 3.63) is 24.4 Å². The molecule has 1 atom stereocenters. The van der Waals surface area contributed by atoms with E-state index in [1.54, 1.807) is 13.0 Å². The van der Waals surface area contributed by atoms with Gasteiger partial charge >= 0.3 is 6.09 Å². The van der Waals surface area contributed by atoms with E-state index in [0.717, 1.165) is 12.8 Å². The van der Waals surface area contributed by atoms with E-state index in [9.17, 15) is 9.59 Å². The van der Waals surface area contributed by atoms with Crippen LogP contribution in [0.25, 0.3) is 0 Å². The van der Waals surface area contributed by atoms with Crippen molar-refractivity contribution in [3.63, 3.8) is 0 Å². The zero-order valence-electron chi connectivity index (χ0n) is 16.0. The maximum absolute atomic E-state index is 12.3. The molecule has 0 heterocycles. The third-order valence-corrected chi connectivity index (χ3v) is 4.23. The van der Waals surface area contributed by atoms with Gasteiger partial charge in [0.2, 0.25) is 0 Å². The predicted molar refractivity (Wildman–Crippen MR) is 99.9 cm³/mol. The quantitative estimate of drug-likeness (QED) is 0.323. The fourth-order valence-corrected chi connectivity index (χ4v) is 2.54. The molecule has 0 spiro atoms. The SMILES string of the molecule is C=CN(C(=O)OCCCCCCCCC)C(CC)C(=O)C(C)=CC. The molecule has 0 radical (unpaired) electrons. The van der Waals surface area contributed by atoms with Crippen LogP contribution in [0.15, 0.2) is 24.4 Å². The molecule has 4 heteroatoms. The second-order valence-electron chi connectivity index (χ2n) is 6.09. The van der Waals surface area contributed by atoms with Crippen molar-refractivity contribution < 1.29 is 14.3 Å². The van der Waals surface area contributed by atoms with Crippen molar-refractivity contribution >= 4 is 11.9 Å². The van der Waals surface area contributed by atoms with Gasteiger partial charge in [-0.3, -0.25) is 9.69 Å². The van der Waals surface area contributed by atoms with E-state index in [2.05, 4.69) is 13.5 Å². The molecule has 24 heavy (non-hydrogen) atoms. The highest BCUT2D eigenvalue weighted by molar-refractivity contribution is 6.00. The van der Waals surface area contributed by atoms with Crippen LogP contribution in [-0.2, 0) is 9.53 Å². The van der Waals surface area contributed by atoms with E-state index in [1.807, 2.05) is 13.8 Å². The van der Waals surface area contributed by atoms with Crippen LogP contribution in [0, 0.1) is 0 Å². The van der Waals surface area contributed by atoms with Crippen LogP contribution in [0.3, 0.4) is 0 Å². The lowest BCUT2D eigenvalue weighted by molar-refractivity contribution is -0.119. The molecule has 0 aliphatic heterocycles. The molecule has 0 aliphatic carbocycles. The van der Waals surface area contributed by atoms with Crippen molar-refractivity contribution in [3.8, 4) is 0 Å². The summed E-state index contributed by atoms with van der Waals surface area (Å²) in [6, 6.07) is -0.541. The van der Waals surface area contributed by atoms with E-state index < -0.39 is 12.1 Å². The summed E-state index contributed by atoms with van der Waals surface area (Å²) in [4.78, 5) is 25.9. The first-order valence-corrected chi connectivity index (χ1v) is 9.28. The van der Waals surface area contributed by atoms with Gasteiger partial charge in [0.15, 0.2) is 5.78 Å². The molecule has 0 fully saturated rings. The first-order valence-electron chi connectivity index (χ1n) is 9.28. The van der Waals surface area contributed by atoms with Crippen LogP contribution in [0.2, 0.25) is 0 Å². The highest BCUT2D eigenvalue weighted by atomic mass is 16.6. The maximum atomic E-state index is 12.3. The van der Waals surface area contributed by atoms with Gasteiger partial charge < -0.3 is 4.74 Å². The Hall–Kier alpha value is -1.58. The molecule has 138 valence electrons. The lowest BCUT2D eigenvalue weighted by Crippen LogP contribution is -2.42. The van der Waals surface area contributed by atoms with Crippen molar-refractivity contribution in [2.24, 2.45) is 0 Å². The smallest absolute Gasteiger partial charge is 0.414 e. The fraction of sp³-hybridized carbons (Fsp3) is 0.700. The van der Waals surface area contributed by atoms with Gasteiger partial charge in [-0.25, -0.2) is 4.79 Å². The number of carbonyl (C=O) groups excluding carboxylic acids is 2. The van der Waals surface area contributed by atoms with E-state index in [4.69, 9.17) is 4.74 Å². The number of allylic oxidation sites excluding steroid dienone is 1. The van der Waals surface area contributed by atoms with Crippen LogP contribution in [0.4, 0.5) is 4.79 Å². The summed E-state index contributed by atoms with van der Waals surface area (Å²) >= 11 is 0. The van der Waals surface area contributed by atoms with Gasteiger partial charge in [0.05, 0.1) is 6.61 Å². The van der Waals surface area contributed by atoms with Crippen LogP contribution in [0.1, 0.15) is 79.1 Å². The molecule has 0 aliphatic rings. The normalized spacial score (nSPS) is 12.6. The number of unbranched alkanes of at least 4 members (excludes halogenated alkanes) is 6. The maximum Gasteiger partial charge on any atom is 0.414 e. The number of hydrogen-bond donors (Lipinski definition) is 0. The minimum Gasteiger partial charge on any atom is -0.449 e. The third-order valence-electron chi connectivity index (χ3n) is 4.23. The Balaban J connectivity index is 4.29. The van der Waals surface area contributed by atoms with Crippen molar-refractivity contribution in [2.45, 2.75) is 85.1 Å². The minimum atomic E-state index is -0.541. The van der Waals surface area contributed by atoms with Crippen molar-refractivity contribution in [1.29, 1.82) is 0 Å². The number of nitrogens with zero attached hydrogens (tertiary/aromatic N) is 1. The fourth-order valence-electron chi connectivity index (χ4n) is 2.54. The second kappa shape index (κ2) is 13.8. The molecule has 0 aromatic heterocycles. The summed E-state index contributed by atoms with van der Waals surface area (Å²) in [5, 5.41) is 0. The molecule has 0 aromatic carbocycles. The van der Waals surface area contributed by atoms with Crippen LogP contribution in [-0.4, -0.2) is 29.4 Å². The molecule has 0 rings (SSSR count). The van der Waals surface area contributed by atoms with Crippen LogP contribution >= 0.6 is 0 Å². The molecular formula is C20H35NO3. The zero-order chi connectivity index (χ0) is 18.4. The molecule has 1 amide bonds. The van der Waals surface area contributed by atoms with Gasteiger partial charge in [-0.15, -0.1) is 0 Å². The van der Waals surface area contributed by atoms with Crippen molar-refractivity contribution in [1.82, 2.24) is 4.90 Å². The van der Waals surface area contributed by atoms with E-state index in [-0.39, 0.29) is 5.78 Å². The van der Waals surface area contributed by atoms with Gasteiger partial charge in [0.25, 0.3) is 0 Å². The zero-order valence-corrected chi connectivity index (χ0v) is 16.0. The Morgan fingerprint density at radius 3 is 2.17 bits per heavy atom. The molecule has 0 saturated carbocycles. The number of amides is 1. The van der Waals surface area contributed by atoms with Crippen LogP contribution in [0.5, 0.6) is 0 Å². The lowest BCUT2D eigenvalue weighted by atomic mass is 10.0. The molecular weight excluding hydrogens is 302 g/mol. The highest BCUT2D eigenvalue weighted by Gasteiger charge is 2.28. The van der Waals surface area contributed by atoms with Gasteiger partial charge in [-0.2, -0.15) is 0 Å². The number of ketones is 1. The summed E-state index contributed by atoms with van der Waals surface area (Å²) < 4.78 is 5.31. The Labute approximate surface area is 147 Å². The van der Waals surface area contributed by atoms with Gasteiger partial charge in [0, 0.05) is 6.20 Å². The number of carbonyl (C=O) groups is 2. The largest absolute Gasteiger partial charge is 0.449 e. The highest BCUT2D eigenvalue weighted by Crippen LogP contribution is 2.14. The molecule has 0 bridgehead atoms. The second-order valence-corrected chi connectivity index (χ2v) is 6.09. The summed E-state index contributed by atoms with van der Waals surface area (Å²) in [6.45, 7) is 11.7. The van der Waals surface area contributed by atoms with Crippen LogP contribution < -0.4 is 0 Å². The van der Waals surface area contributed by atoms with Gasteiger partial charge in [-0.1, -0.05) is 65.0 Å². The van der Waals surface area contributed by atoms with Gasteiger partial charge in [0.1, 0.15) is 6.04 Å². The molecule has 0 N–H and O–H groups in total. The monoisotopic (exact) mass is 337 g/mol. The van der Waals surface area contributed by atoms with Crippen molar-refractivity contribution in [2.75, 3.05) is 6.61 Å². The number of ether oxygens (including phenoxy) is 1. The molecule has 0 aromatic rings. The summed E-state index contributed by atoms with van der Waals surface area (Å²) in [5.74, 6) is -0.0622. The topological polar surface area (TPSA) is 46.6 Å². The minimum absolute atomic E-state index is 0.0622. The summed E-state index contributed by atoms with van der Waals surface area (Å²) in [6.07, 6.45) is 11.4. The van der Waals surface area contributed by atoms with E-state index in [0.29, 0.717) is 18.6 Å². The Bertz CT molecular complexity index is 415. The predicted octanol–water partition coefficient (Wildman–Crippen LogP) is 5.63. The number of rotatable bonds is 13. The first-order chi connectivity index (χ1) is 11.5. The molecule has 0 saturated heterocycles. The Morgan fingerprint density at radius 1 is 1.08 bits per heavy atom. The standard InChI is InChI=1S/C20H35NO3/c1-6-10-11-12-13-14-15-16-24-20(23)21(9-4)18(8-3)19(22)17(5)7-2/h7,9,18H,4,6,8,10-16H2,1-3,5H3. The van der Waals surface area contributed by atoms with E-state index >= 15 is 0 Å².